The first-order chi connectivity index (χ1) is 10.9. The predicted molar refractivity (Wildman–Crippen MR) is 90.6 cm³/mol. The molecule has 0 saturated carbocycles. The normalized spacial score (nSPS) is 13.8. The number of halogens is 2. The molecule has 1 amide bonds. The molecule has 2 aromatic rings. The Kier molecular flexibility index (Phi) is 4.66. The molecular weight excluding hydrogens is 379 g/mol. The predicted octanol–water partition coefficient (Wildman–Crippen LogP) is 3.17. The molecule has 122 valence electrons. The number of amides is 1. The van der Waals surface area contributed by atoms with Gasteiger partial charge in [0.2, 0.25) is 0 Å². The van der Waals surface area contributed by atoms with Crippen LogP contribution in [0.5, 0.6) is 0 Å². The van der Waals surface area contributed by atoms with Crippen molar-refractivity contribution < 1.29 is 13.2 Å². The zero-order valence-electron chi connectivity index (χ0n) is 11.7. The van der Waals surface area contributed by atoms with Crippen LogP contribution in [0.15, 0.2) is 29.2 Å². The van der Waals surface area contributed by atoms with Crippen LogP contribution in [0.25, 0.3) is 0 Å². The van der Waals surface area contributed by atoms with Gasteiger partial charge in [0.15, 0.2) is 0 Å². The number of nitrogens with one attached hydrogen (secondary N) is 2. The molecule has 1 aliphatic carbocycles. The Balaban J connectivity index is 1.75. The molecule has 0 radical (unpaired) electrons. The molecule has 23 heavy (non-hydrogen) atoms. The minimum Gasteiger partial charge on any atom is -0.273 e. The van der Waals surface area contributed by atoms with Crippen LogP contribution in [0.4, 0.5) is 0 Å². The lowest BCUT2D eigenvalue weighted by Gasteiger charge is -2.10. The maximum absolute atomic E-state index is 12.3. The van der Waals surface area contributed by atoms with Crippen LogP contribution < -0.4 is 10.3 Å². The van der Waals surface area contributed by atoms with E-state index in [9.17, 15) is 13.2 Å². The minimum atomic E-state index is -4.06. The first kappa shape index (κ1) is 16.7. The molecule has 0 saturated heterocycles. The molecule has 0 aliphatic heterocycles. The van der Waals surface area contributed by atoms with Crippen molar-refractivity contribution in [2.24, 2.45) is 0 Å². The van der Waals surface area contributed by atoms with E-state index < -0.39 is 15.9 Å². The molecule has 0 atom stereocenters. The van der Waals surface area contributed by atoms with Crippen LogP contribution in [0.2, 0.25) is 10.0 Å². The first-order valence-electron chi connectivity index (χ1n) is 6.76. The molecule has 9 heteroatoms. The van der Waals surface area contributed by atoms with E-state index in [-0.39, 0.29) is 14.9 Å². The second kappa shape index (κ2) is 6.41. The lowest BCUT2D eigenvalue weighted by molar-refractivity contribution is 0.0949. The van der Waals surface area contributed by atoms with Crippen molar-refractivity contribution >= 4 is 50.5 Å². The second-order valence-corrected chi connectivity index (χ2v) is 8.59. The Hall–Kier alpha value is -1.12. The lowest BCUT2D eigenvalue weighted by Crippen LogP contribution is -2.41. The molecule has 0 spiro atoms. The monoisotopic (exact) mass is 390 g/mol. The van der Waals surface area contributed by atoms with Crippen LogP contribution in [-0.4, -0.2) is 14.3 Å². The third-order valence-electron chi connectivity index (χ3n) is 3.46. The second-order valence-electron chi connectivity index (χ2n) is 5.02. The van der Waals surface area contributed by atoms with E-state index in [1.807, 2.05) is 4.83 Å². The van der Waals surface area contributed by atoms with Gasteiger partial charge in [-0.15, -0.1) is 16.2 Å². The summed E-state index contributed by atoms with van der Waals surface area (Å²) in [5, 5.41) is -0.0382. The molecule has 5 nitrogen and oxygen atoms in total. The zero-order chi connectivity index (χ0) is 16.6. The van der Waals surface area contributed by atoms with Gasteiger partial charge in [-0.1, -0.05) is 29.3 Å². The quantitative estimate of drug-likeness (QED) is 0.787. The third kappa shape index (κ3) is 3.39. The van der Waals surface area contributed by atoms with Gasteiger partial charge in [-0.25, -0.2) is 8.42 Å². The highest BCUT2D eigenvalue weighted by Crippen LogP contribution is 2.31. The van der Waals surface area contributed by atoms with E-state index in [1.165, 1.54) is 34.4 Å². The van der Waals surface area contributed by atoms with Crippen molar-refractivity contribution in [1.82, 2.24) is 10.3 Å². The van der Waals surface area contributed by atoms with E-state index in [2.05, 4.69) is 5.43 Å². The van der Waals surface area contributed by atoms with Crippen LogP contribution in [0.3, 0.4) is 0 Å². The summed E-state index contributed by atoms with van der Waals surface area (Å²) in [6.45, 7) is 0. The third-order valence-corrected chi connectivity index (χ3v) is 6.89. The topological polar surface area (TPSA) is 75.3 Å². The lowest BCUT2D eigenvalue weighted by atomic mass is 10.2. The van der Waals surface area contributed by atoms with Crippen LogP contribution >= 0.6 is 34.5 Å². The fourth-order valence-electron chi connectivity index (χ4n) is 2.41. The largest absolute Gasteiger partial charge is 0.276 e. The Morgan fingerprint density at radius 1 is 1.17 bits per heavy atom. The van der Waals surface area contributed by atoms with Crippen LogP contribution in [-0.2, 0) is 22.9 Å². The standard InChI is InChI=1S/C14H12Cl2N2O3S2/c15-9-4-2-5-10(16)13(9)23(20,21)18-17-14(19)12-7-8-3-1-6-11(8)22-12/h2,4-5,7,18H,1,3,6H2,(H,17,19). The van der Waals surface area contributed by atoms with Crippen molar-refractivity contribution in [3.05, 3.63) is 49.6 Å². The number of benzene rings is 1. The number of aryl methyl sites for hydroxylation is 2. The van der Waals surface area contributed by atoms with E-state index in [0.717, 1.165) is 24.8 Å². The Labute approximate surface area is 147 Å². The number of hydrazine groups is 1. The number of fused-ring (bicyclic) bond motifs is 1. The summed E-state index contributed by atoms with van der Waals surface area (Å²) in [6.07, 6.45) is 3.02. The first-order valence-corrected chi connectivity index (χ1v) is 9.82. The summed E-state index contributed by atoms with van der Waals surface area (Å²) < 4.78 is 24.5. The van der Waals surface area contributed by atoms with Gasteiger partial charge in [0.05, 0.1) is 14.9 Å². The maximum atomic E-state index is 12.3. The molecule has 3 rings (SSSR count). The number of carbonyl (C=O) groups is 1. The summed E-state index contributed by atoms with van der Waals surface area (Å²) in [4.78, 5) is 15.5. The Morgan fingerprint density at radius 3 is 2.52 bits per heavy atom. The molecule has 2 N–H and O–H groups in total. The minimum absolute atomic E-state index is 0.0191. The number of thiophene rings is 1. The molecule has 0 bridgehead atoms. The fourth-order valence-corrected chi connectivity index (χ4v) is 5.54. The average Bonchev–Trinajstić information content (AvgIpc) is 3.05. The van der Waals surface area contributed by atoms with E-state index >= 15 is 0 Å². The summed E-state index contributed by atoms with van der Waals surface area (Å²) in [5.74, 6) is -0.504. The van der Waals surface area contributed by atoms with Gasteiger partial charge in [-0.05, 0) is 43.0 Å². The molecular formula is C14H12Cl2N2O3S2. The average molecular weight is 391 g/mol. The number of hydrogen-bond acceptors (Lipinski definition) is 4. The molecule has 1 aromatic carbocycles. The van der Waals surface area contributed by atoms with E-state index in [0.29, 0.717) is 4.88 Å². The van der Waals surface area contributed by atoms with Crippen molar-refractivity contribution in [3.8, 4) is 0 Å². The smallest absolute Gasteiger partial charge is 0.273 e. The van der Waals surface area contributed by atoms with Gasteiger partial charge < -0.3 is 0 Å². The molecule has 1 aliphatic rings. The molecule has 0 unspecified atom stereocenters. The van der Waals surface area contributed by atoms with Crippen molar-refractivity contribution in [2.45, 2.75) is 24.2 Å². The number of sulfonamides is 1. The van der Waals surface area contributed by atoms with Crippen molar-refractivity contribution in [1.29, 1.82) is 0 Å². The SMILES string of the molecule is O=C(NNS(=O)(=O)c1c(Cl)cccc1Cl)c1cc2c(s1)CCC2. The number of carbonyl (C=O) groups excluding carboxylic acids is 1. The molecule has 1 aromatic heterocycles. The van der Waals surface area contributed by atoms with Crippen molar-refractivity contribution in [3.63, 3.8) is 0 Å². The number of rotatable bonds is 4. The van der Waals surface area contributed by atoms with Gasteiger partial charge in [0, 0.05) is 4.88 Å². The van der Waals surface area contributed by atoms with Crippen LogP contribution in [0.1, 0.15) is 26.5 Å². The summed E-state index contributed by atoms with van der Waals surface area (Å²) >= 11 is 13.1. The summed E-state index contributed by atoms with van der Waals surface area (Å²) in [6, 6.07) is 6.16. The number of hydrogen-bond donors (Lipinski definition) is 2. The Bertz CT molecular complexity index is 836. The van der Waals surface area contributed by atoms with Crippen LogP contribution in [0, 0.1) is 0 Å². The van der Waals surface area contributed by atoms with E-state index in [1.54, 1.807) is 6.07 Å². The highest BCUT2D eigenvalue weighted by molar-refractivity contribution is 7.89. The highest BCUT2D eigenvalue weighted by atomic mass is 35.5. The van der Waals surface area contributed by atoms with Gasteiger partial charge in [0.25, 0.3) is 15.9 Å². The molecule has 0 fully saturated rings. The highest BCUT2D eigenvalue weighted by Gasteiger charge is 2.23. The van der Waals surface area contributed by atoms with Gasteiger partial charge >= 0.3 is 0 Å². The summed E-state index contributed by atoms with van der Waals surface area (Å²) in [5.41, 5.74) is 3.36. The van der Waals surface area contributed by atoms with Gasteiger partial charge in [-0.2, -0.15) is 0 Å². The zero-order valence-corrected chi connectivity index (χ0v) is 14.9. The maximum Gasteiger partial charge on any atom is 0.276 e. The fraction of sp³-hybridized carbons (Fsp3) is 0.214. The van der Waals surface area contributed by atoms with Gasteiger partial charge in [0.1, 0.15) is 4.90 Å². The molecule has 1 heterocycles. The Morgan fingerprint density at radius 2 is 1.87 bits per heavy atom. The summed E-state index contributed by atoms with van der Waals surface area (Å²) in [7, 11) is -4.06. The van der Waals surface area contributed by atoms with E-state index in [4.69, 9.17) is 23.2 Å². The van der Waals surface area contributed by atoms with Gasteiger partial charge in [-0.3, -0.25) is 10.2 Å². The van der Waals surface area contributed by atoms with Crippen molar-refractivity contribution in [2.75, 3.05) is 0 Å².